The Balaban J connectivity index is 0.00000319. The molecule has 0 spiro atoms. The molecule has 49 heavy (non-hydrogen) atoms. The van der Waals surface area contributed by atoms with Crippen molar-refractivity contribution < 1.29 is 48.1 Å². The number of fused-ring (bicyclic) bond motifs is 2. The van der Waals surface area contributed by atoms with Crippen molar-refractivity contribution in [1.82, 2.24) is 0 Å². The predicted octanol–water partition coefficient (Wildman–Crippen LogP) is 6.13. The van der Waals surface area contributed by atoms with E-state index >= 15 is 0 Å². The van der Waals surface area contributed by atoms with Crippen LogP contribution in [-0.4, -0.2) is 68.4 Å². The fraction of sp³-hybridized carbons (Fsp3) is 0.447. The Labute approximate surface area is 287 Å². The molecule has 1 N–H and O–H groups in total. The number of epoxide rings is 1. The molecule has 1 aliphatic heterocycles. The Kier molecular flexibility index (Phi) is 14.0. The van der Waals surface area contributed by atoms with Gasteiger partial charge in [-0.05, 0) is 67.1 Å². The molecule has 264 valence electrons. The summed E-state index contributed by atoms with van der Waals surface area (Å²) in [4.78, 5) is 57.9. The van der Waals surface area contributed by atoms with Crippen molar-refractivity contribution in [2.45, 2.75) is 59.5 Å². The molecule has 3 aromatic rings. The minimum atomic E-state index is -1.37. The van der Waals surface area contributed by atoms with Crippen molar-refractivity contribution in [2.75, 3.05) is 27.1 Å². The summed E-state index contributed by atoms with van der Waals surface area (Å²) in [5, 5.41) is 17.3. The van der Waals surface area contributed by atoms with Gasteiger partial charge < -0.3 is 28.9 Å². The highest BCUT2D eigenvalue weighted by Gasteiger charge is 2.48. The van der Waals surface area contributed by atoms with Gasteiger partial charge in [-0.25, -0.2) is 4.79 Å². The highest BCUT2D eigenvalue weighted by atomic mass is 16.7. The van der Waals surface area contributed by atoms with Gasteiger partial charge in [0.25, 0.3) is 0 Å². The molecule has 0 radical (unpaired) electrons. The summed E-state index contributed by atoms with van der Waals surface area (Å²) in [6.45, 7) is 12.3. The standard InChI is InChI=1S/C36H43NO10.C2H4/c1-6-35(3,33(41)43-5)21-36(4,34(42)45-20-27-19-44-27)17-26(32(40)46-22-38)15-23(2)31(39)47-37-18-30-28-13-9-7-11-24(28)16-25-12-8-10-14-29(25)30;1-2/h7-14,16,18,23,26-27,38H,6,15,17,19-22H2,1-5H3;1-2H2/b37-18+;. The first-order valence-corrected chi connectivity index (χ1v) is 16.2. The zero-order valence-electron chi connectivity index (χ0n) is 28.9. The van der Waals surface area contributed by atoms with Gasteiger partial charge >= 0.3 is 23.9 Å². The molecule has 0 saturated carbocycles. The van der Waals surface area contributed by atoms with E-state index in [2.05, 4.69) is 24.4 Å². The normalized spacial score (nSPS) is 17.5. The van der Waals surface area contributed by atoms with Crippen molar-refractivity contribution in [3.8, 4) is 0 Å². The van der Waals surface area contributed by atoms with E-state index in [1.807, 2.05) is 48.5 Å². The molecule has 0 aliphatic carbocycles. The molecule has 5 atom stereocenters. The van der Waals surface area contributed by atoms with E-state index in [1.165, 1.54) is 13.3 Å². The number of carbonyl (C=O) groups is 4. The Morgan fingerprint density at radius 1 is 0.980 bits per heavy atom. The second-order valence-electron chi connectivity index (χ2n) is 12.7. The number of benzene rings is 3. The number of aliphatic hydroxyl groups is 1. The molecule has 1 aliphatic rings. The van der Waals surface area contributed by atoms with Gasteiger partial charge in [0.15, 0.2) is 6.79 Å². The van der Waals surface area contributed by atoms with Crippen molar-refractivity contribution in [2.24, 2.45) is 27.8 Å². The zero-order valence-corrected chi connectivity index (χ0v) is 28.9. The van der Waals surface area contributed by atoms with Crippen molar-refractivity contribution in [3.63, 3.8) is 0 Å². The number of esters is 3. The van der Waals surface area contributed by atoms with Gasteiger partial charge in [-0.2, -0.15) is 0 Å². The zero-order chi connectivity index (χ0) is 36.2. The van der Waals surface area contributed by atoms with Crippen LogP contribution in [0.5, 0.6) is 0 Å². The molecule has 11 nitrogen and oxygen atoms in total. The SMILES string of the molecule is C=C.CCC(C)(CC(C)(CC(CC(C)C(=O)O/N=C/c1c2ccccc2cc2ccccc12)C(=O)OCO)C(=O)OCC1CO1)C(=O)OC. The van der Waals surface area contributed by atoms with Crippen molar-refractivity contribution in [3.05, 3.63) is 73.3 Å². The lowest BCUT2D eigenvalue weighted by molar-refractivity contribution is -0.167. The van der Waals surface area contributed by atoms with Crippen LogP contribution in [0.1, 0.15) is 58.9 Å². The number of aliphatic hydroxyl groups excluding tert-OH is 1. The Hall–Kier alpha value is -4.61. The van der Waals surface area contributed by atoms with Crippen LogP contribution in [0.2, 0.25) is 0 Å². The first kappa shape index (κ1) is 38.8. The third-order valence-electron chi connectivity index (χ3n) is 8.95. The average Bonchev–Trinajstić information content (AvgIpc) is 3.95. The number of oxime groups is 1. The fourth-order valence-electron chi connectivity index (χ4n) is 6.10. The third kappa shape index (κ3) is 9.96. The maximum atomic E-state index is 13.6. The molecule has 1 heterocycles. The lowest BCUT2D eigenvalue weighted by Crippen LogP contribution is -2.42. The fourth-order valence-corrected chi connectivity index (χ4v) is 6.10. The van der Waals surface area contributed by atoms with Crippen LogP contribution in [0.25, 0.3) is 21.5 Å². The van der Waals surface area contributed by atoms with Gasteiger partial charge in [0.05, 0.1) is 42.6 Å². The number of carbonyl (C=O) groups excluding carboxylic acids is 4. The number of methoxy groups -OCH3 is 1. The van der Waals surface area contributed by atoms with Gasteiger partial charge in [0.2, 0.25) is 0 Å². The lowest BCUT2D eigenvalue weighted by atomic mass is 9.67. The van der Waals surface area contributed by atoms with Crippen LogP contribution >= 0.6 is 0 Å². The van der Waals surface area contributed by atoms with Gasteiger partial charge in [0, 0.05) is 5.56 Å². The summed E-state index contributed by atoms with van der Waals surface area (Å²) >= 11 is 0. The summed E-state index contributed by atoms with van der Waals surface area (Å²) in [6, 6.07) is 17.7. The summed E-state index contributed by atoms with van der Waals surface area (Å²) in [5.74, 6) is -4.53. The van der Waals surface area contributed by atoms with Crippen LogP contribution in [0.4, 0.5) is 0 Å². The topological polar surface area (TPSA) is 150 Å². The number of hydrogen-bond acceptors (Lipinski definition) is 11. The lowest BCUT2D eigenvalue weighted by Gasteiger charge is -2.37. The molecule has 3 aromatic carbocycles. The Morgan fingerprint density at radius 3 is 2.10 bits per heavy atom. The Morgan fingerprint density at radius 2 is 1.57 bits per heavy atom. The summed E-state index contributed by atoms with van der Waals surface area (Å²) in [7, 11) is 1.27. The first-order valence-electron chi connectivity index (χ1n) is 16.2. The van der Waals surface area contributed by atoms with Gasteiger partial charge in [-0.15, -0.1) is 13.2 Å². The summed E-state index contributed by atoms with van der Waals surface area (Å²) < 4.78 is 20.7. The predicted molar refractivity (Wildman–Crippen MR) is 185 cm³/mol. The van der Waals surface area contributed by atoms with E-state index in [0.29, 0.717) is 13.0 Å². The van der Waals surface area contributed by atoms with Crippen LogP contribution in [0, 0.1) is 22.7 Å². The van der Waals surface area contributed by atoms with E-state index < -0.39 is 53.3 Å². The maximum absolute atomic E-state index is 13.6. The molecule has 1 saturated heterocycles. The van der Waals surface area contributed by atoms with Crippen molar-refractivity contribution >= 4 is 51.6 Å². The highest BCUT2D eigenvalue weighted by molar-refractivity contribution is 6.13. The molecule has 5 unspecified atom stereocenters. The van der Waals surface area contributed by atoms with Gasteiger partial charge in [0.1, 0.15) is 12.7 Å². The van der Waals surface area contributed by atoms with Crippen LogP contribution in [-0.2, 0) is 43.0 Å². The number of rotatable bonds is 16. The van der Waals surface area contributed by atoms with E-state index in [-0.39, 0.29) is 32.0 Å². The maximum Gasteiger partial charge on any atom is 0.337 e. The molecular weight excluding hydrogens is 630 g/mol. The van der Waals surface area contributed by atoms with Crippen molar-refractivity contribution in [1.29, 1.82) is 0 Å². The molecule has 0 aromatic heterocycles. The van der Waals surface area contributed by atoms with Crippen LogP contribution in [0.3, 0.4) is 0 Å². The second kappa shape index (κ2) is 17.7. The number of ether oxygens (including phenoxy) is 4. The largest absolute Gasteiger partial charge is 0.469 e. The molecule has 1 fully saturated rings. The van der Waals surface area contributed by atoms with E-state index in [9.17, 15) is 24.3 Å². The Bertz CT molecular complexity index is 1600. The molecule has 11 heteroatoms. The minimum Gasteiger partial charge on any atom is -0.469 e. The minimum absolute atomic E-state index is 0.00144. The van der Waals surface area contributed by atoms with Gasteiger partial charge in [-0.3, -0.25) is 14.4 Å². The highest BCUT2D eigenvalue weighted by Crippen LogP contribution is 2.44. The molecule has 0 bridgehead atoms. The quantitative estimate of drug-likeness (QED) is 0.0216. The van der Waals surface area contributed by atoms with E-state index in [4.69, 9.17) is 23.8 Å². The second-order valence-corrected chi connectivity index (χ2v) is 12.7. The summed E-state index contributed by atoms with van der Waals surface area (Å²) in [6.07, 6.45) is 1.44. The molecule has 0 amide bonds. The number of nitrogens with zero attached hydrogens (tertiary/aromatic N) is 1. The summed E-state index contributed by atoms with van der Waals surface area (Å²) in [5.41, 5.74) is -1.65. The van der Waals surface area contributed by atoms with E-state index in [0.717, 1.165) is 27.1 Å². The molecule has 4 rings (SSSR count). The van der Waals surface area contributed by atoms with Crippen LogP contribution in [0.15, 0.2) is 72.9 Å². The third-order valence-corrected chi connectivity index (χ3v) is 8.95. The average molecular weight is 678 g/mol. The molecular formula is C38H47NO10. The first-order chi connectivity index (χ1) is 23.4. The number of hydrogen-bond donors (Lipinski definition) is 1. The van der Waals surface area contributed by atoms with E-state index in [1.54, 1.807) is 27.7 Å². The smallest absolute Gasteiger partial charge is 0.337 e. The van der Waals surface area contributed by atoms with Crippen LogP contribution < -0.4 is 0 Å². The van der Waals surface area contributed by atoms with Gasteiger partial charge in [-0.1, -0.05) is 67.5 Å². The monoisotopic (exact) mass is 677 g/mol.